The Morgan fingerprint density at radius 3 is 2.70 bits per heavy atom. The summed E-state index contributed by atoms with van der Waals surface area (Å²) >= 11 is 0. The zero-order chi connectivity index (χ0) is 6.72. The maximum atomic E-state index is 8.96. The highest BCUT2D eigenvalue weighted by Crippen LogP contribution is 2.59. The van der Waals surface area contributed by atoms with Gasteiger partial charge in [0.1, 0.15) is 0 Å². The molecule has 2 heteroatoms. The molecule has 1 saturated heterocycles. The molecule has 2 saturated carbocycles. The maximum absolute atomic E-state index is 8.96. The summed E-state index contributed by atoms with van der Waals surface area (Å²) in [7, 11) is 0. The van der Waals surface area contributed by atoms with E-state index in [1.165, 1.54) is 12.8 Å². The molecule has 0 radical (unpaired) electrons. The number of hydrogen-bond donors (Lipinski definition) is 2. The molecule has 0 aromatic heterocycles. The molecule has 5 atom stereocenters. The van der Waals surface area contributed by atoms with Crippen molar-refractivity contribution in [2.75, 3.05) is 6.61 Å². The third kappa shape index (κ3) is 0.487. The Morgan fingerprint density at radius 1 is 1.20 bits per heavy atom. The molecule has 0 aromatic carbocycles. The average molecular weight is 139 g/mol. The van der Waals surface area contributed by atoms with Gasteiger partial charge in [0.25, 0.3) is 0 Å². The van der Waals surface area contributed by atoms with Crippen LogP contribution in [0.3, 0.4) is 0 Å². The van der Waals surface area contributed by atoms with E-state index in [0.29, 0.717) is 12.6 Å². The molecule has 3 fully saturated rings. The SMILES string of the molecule is OCC1NC2CC1C1CC21. The predicted octanol–water partition coefficient (Wildman–Crippen LogP) is -0.0249. The second kappa shape index (κ2) is 1.56. The van der Waals surface area contributed by atoms with E-state index in [0.717, 1.165) is 23.8 Å². The Morgan fingerprint density at radius 2 is 2.10 bits per heavy atom. The molecule has 0 amide bonds. The van der Waals surface area contributed by atoms with Gasteiger partial charge in [-0.15, -0.1) is 0 Å². The lowest BCUT2D eigenvalue weighted by Crippen LogP contribution is -2.39. The molecule has 56 valence electrons. The highest BCUT2D eigenvalue weighted by molar-refractivity contribution is 5.14. The molecule has 1 aliphatic heterocycles. The van der Waals surface area contributed by atoms with Crippen molar-refractivity contribution in [1.82, 2.24) is 5.32 Å². The highest BCUT2D eigenvalue weighted by Gasteiger charge is 2.60. The Kier molecular flexibility index (Phi) is 0.868. The van der Waals surface area contributed by atoms with Gasteiger partial charge < -0.3 is 10.4 Å². The van der Waals surface area contributed by atoms with Gasteiger partial charge in [-0.3, -0.25) is 0 Å². The third-order valence-corrected chi connectivity index (χ3v) is 3.63. The average Bonchev–Trinajstić information content (AvgIpc) is 2.58. The number of rotatable bonds is 1. The maximum Gasteiger partial charge on any atom is 0.0587 e. The van der Waals surface area contributed by atoms with E-state index in [-0.39, 0.29) is 0 Å². The number of nitrogens with one attached hydrogen (secondary N) is 1. The monoisotopic (exact) mass is 139 g/mol. The summed E-state index contributed by atoms with van der Waals surface area (Å²) in [5.74, 6) is 2.84. The van der Waals surface area contributed by atoms with Crippen molar-refractivity contribution in [3.05, 3.63) is 0 Å². The summed E-state index contributed by atoms with van der Waals surface area (Å²) in [4.78, 5) is 0. The van der Waals surface area contributed by atoms with E-state index in [4.69, 9.17) is 5.11 Å². The van der Waals surface area contributed by atoms with Gasteiger partial charge in [-0.2, -0.15) is 0 Å². The predicted molar refractivity (Wildman–Crippen MR) is 37.5 cm³/mol. The van der Waals surface area contributed by atoms with Crippen molar-refractivity contribution < 1.29 is 5.11 Å². The number of fused-ring (bicyclic) bond motifs is 5. The summed E-state index contributed by atoms with van der Waals surface area (Å²) in [6.45, 7) is 0.352. The van der Waals surface area contributed by atoms with E-state index in [9.17, 15) is 0 Å². The minimum absolute atomic E-state index is 0.352. The molecular weight excluding hydrogens is 126 g/mol. The molecule has 3 rings (SSSR count). The molecule has 0 spiro atoms. The van der Waals surface area contributed by atoms with Crippen LogP contribution in [0.4, 0.5) is 0 Å². The van der Waals surface area contributed by atoms with Crippen molar-refractivity contribution >= 4 is 0 Å². The zero-order valence-corrected chi connectivity index (χ0v) is 5.96. The first-order chi connectivity index (χ1) is 4.90. The highest BCUT2D eigenvalue weighted by atomic mass is 16.3. The Labute approximate surface area is 60.6 Å². The van der Waals surface area contributed by atoms with Crippen LogP contribution in [0.15, 0.2) is 0 Å². The fourth-order valence-electron chi connectivity index (χ4n) is 3.07. The second-order valence-corrected chi connectivity index (χ2v) is 4.03. The van der Waals surface area contributed by atoms with Gasteiger partial charge in [0, 0.05) is 12.1 Å². The van der Waals surface area contributed by atoms with Crippen LogP contribution in [0.25, 0.3) is 0 Å². The van der Waals surface area contributed by atoms with Gasteiger partial charge in [-0.1, -0.05) is 0 Å². The quantitative estimate of drug-likeness (QED) is 0.535. The van der Waals surface area contributed by atoms with Crippen LogP contribution >= 0.6 is 0 Å². The van der Waals surface area contributed by atoms with E-state index >= 15 is 0 Å². The first-order valence-electron chi connectivity index (χ1n) is 4.27. The smallest absolute Gasteiger partial charge is 0.0587 e. The molecule has 5 unspecified atom stereocenters. The van der Waals surface area contributed by atoms with Crippen LogP contribution in [-0.4, -0.2) is 23.8 Å². The zero-order valence-electron chi connectivity index (χ0n) is 5.96. The van der Waals surface area contributed by atoms with E-state index < -0.39 is 0 Å². The third-order valence-electron chi connectivity index (χ3n) is 3.63. The lowest BCUT2D eigenvalue weighted by Gasteiger charge is -2.19. The fourth-order valence-corrected chi connectivity index (χ4v) is 3.07. The van der Waals surface area contributed by atoms with Crippen molar-refractivity contribution in [3.8, 4) is 0 Å². The van der Waals surface area contributed by atoms with Crippen molar-refractivity contribution in [2.45, 2.75) is 24.9 Å². The minimum atomic E-state index is 0.352. The summed E-state index contributed by atoms with van der Waals surface area (Å²) < 4.78 is 0. The molecule has 1 heterocycles. The Balaban J connectivity index is 1.85. The molecule has 2 bridgehead atoms. The Bertz CT molecular complexity index is 171. The van der Waals surface area contributed by atoms with E-state index in [1.807, 2.05) is 0 Å². The summed E-state index contributed by atoms with van der Waals surface area (Å²) in [6, 6.07) is 1.24. The molecule has 2 N–H and O–H groups in total. The largest absolute Gasteiger partial charge is 0.395 e. The van der Waals surface area contributed by atoms with Crippen LogP contribution in [0.2, 0.25) is 0 Å². The van der Waals surface area contributed by atoms with Crippen LogP contribution < -0.4 is 5.32 Å². The minimum Gasteiger partial charge on any atom is -0.395 e. The first kappa shape index (κ1) is 5.56. The van der Waals surface area contributed by atoms with Gasteiger partial charge in [-0.25, -0.2) is 0 Å². The molecule has 0 aromatic rings. The number of aliphatic hydroxyl groups is 1. The van der Waals surface area contributed by atoms with Crippen LogP contribution in [0.1, 0.15) is 12.8 Å². The number of piperidine rings is 1. The first-order valence-corrected chi connectivity index (χ1v) is 4.27. The molecule has 2 nitrogen and oxygen atoms in total. The van der Waals surface area contributed by atoms with Gasteiger partial charge in [0.2, 0.25) is 0 Å². The second-order valence-electron chi connectivity index (χ2n) is 4.03. The number of hydrogen-bond acceptors (Lipinski definition) is 2. The standard InChI is InChI=1S/C8H13NO/c10-3-8-6-2-7(9-8)5-1-4(5)6/h4-10H,1-3H2. The Hall–Kier alpha value is -0.0800. The summed E-state index contributed by atoms with van der Waals surface area (Å²) in [5, 5.41) is 12.4. The molecule has 2 aliphatic carbocycles. The van der Waals surface area contributed by atoms with Crippen molar-refractivity contribution in [3.63, 3.8) is 0 Å². The lowest BCUT2D eigenvalue weighted by molar-refractivity contribution is 0.205. The summed E-state index contributed by atoms with van der Waals surface area (Å²) in [5.41, 5.74) is 0. The summed E-state index contributed by atoms with van der Waals surface area (Å²) in [6.07, 6.45) is 2.79. The number of aliphatic hydroxyl groups excluding tert-OH is 1. The van der Waals surface area contributed by atoms with Gasteiger partial charge >= 0.3 is 0 Å². The normalized spacial score (nSPS) is 62.7. The van der Waals surface area contributed by atoms with Crippen LogP contribution in [-0.2, 0) is 0 Å². The van der Waals surface area contributed by atoms with Gasteiger partial charge in [0.15, 0.2) is 0 Å². The van der Waals surface area contributed by atoms with Gasteiger partial charge in [-0.05, 0) is 30.6 Å². The van der Waals surface area contributed by atoms with Crippen LogP contribution in [0, 0.1) is 17.8 Å². The lowest BCUT2D eigenvalue weighted by atomic mass is 9.98. The molecular formula is C8H13NO. The molecule has 3 aliphatic rings. The van der Waals surface area contributed by atoms with E-state index in [1.54, 1.807) is 0 Å². The van der Waals surface area contributed by atoms with E-state index in [2.05, 4.69) is 5.32 Å². The van der Waals surface area contributed by atoms with Crippen molar-refractivity contribution in [1.29, 1.82) is 0 Å². The topological polar surface area (TPSA) is 32.3 Å². The fraction of sp³-hybridized carbons (Fsp3) is 1.00. The van der Waals surface area contributed by atoms with Crippen LogP contribution in [0.5, 0.6) is 0 Å². The van der Waals surface area contributed by atoms with Crippen molar-refractivity contribution in [2.24, 2.45) is 17.8 Å². The molecule has 10 heavy (non-hydrogen) atoms. The van der Waals surface area contributed by atoms with Gasteiger partial charge in [0.05, 0.1) is 6.61 Å².